The minimum absolute atomic E-state index is 0.0360. The number of carboxylic acid groups (broad SMARTS) is 1. The number of aliphatic carboxylic acids is 1. The van der Waals surface area contributed by atoms with Gasteiger partial charge in [0.1, 0.15) is 17.1 Å². The highest BCUT2D eigenvalue weighted by Crippen LogP contribution is 2.46. The Kier molecular flexibility index (Phi) is 9.86. The van der Waals surface area contributed by atoms with Crippen LogP contribution < -0.4 is 5.32 Å². The number of nitrogens with one attached hydrogen (secondary N) is 1. The first-order chi connectivity index (χ1) is 22.4. The van der Waals surface area contributed by atoms with Gasteiger partial charge in [0.15, 0.2) is 10.4 Å². The zero-order valence-corrected chi connectivity index (χ0v) is 26.9. The van der Waals surface area contributed by atoms with E-state index in [0.29, 0.717) is 27.1 Å². The number of benzene rings is 3. The third-order valence-corrected chi connectivity index (χ3v) is 11.0. The van der Waals surface area contributed by atoms with Gasteiger partial charge in [-0.2, -0.15) is 0 Å². The number of thioether (sulfide) groups is 2. The average molecular weight is 672 g/mol. The molecule has 234 valence electrons. The van der Waals surface area contributed by atoms with E-state index in [-0.39, 0.29) is 30.4 Å². The molecule has 0 spiro atoms. The van der Waals surface area contributed by atoms with Crippen LogP contribution >= 0.6 is 34.9 Å². The number of rotatable bonds is 12. The number of carbonyl (C=O) groups excluding carboxylic acids is 3. The number of amides is 2. The summed E-state index contributed by atoms with van der Waals surface area (Å²) >= 11 is 4.08. The fourth-order valence-corrected chi connectivity index (χ4v) is 8.70. The van der Waals surface area contributed by atoms with Gasteiger partial charge in [0, 0.05) is 22.5 Å². The van der Waals surface area contributed by atoms with Crippen molar-refractivity contribution in [2.45, 2.75) is 41.1 Å². The number of fused-ring (bicyclic) bond motifs is 1. The highest BCUT2D eigenvalue weighted by atomic mass is 32.2. The van der Waals surface area contributed by atoms with Crippen LogP contribution in [0.2, 0.25) is 0 Å². The summed E-state index contributed by atoms with van der Waals surface area (Å²) in [5.41, 5.74) is 3.17. The summed E-state index contributed by atoms with van der Waals surface area (Å²) in [7, 11) is 0. The number of esters is 1. The molecular weight excluding hydrogens is 643 g/mol. The SMILES string of the molecule is O=C(O)CCc1csc(SC2=C(C(=O)OC(c3ccccc3)c3ccccc3)N3C(=O)[C@@H](NC(=O)Cc4ccccc4)[C@@H]3SC2)n1. The van der Waals surface area contributed by atoms with Crippen LogP contribution in [-0.2, 0) is 36.8 Å². The van der Waals surface area contributed by atoms with Crippen molar-refractivity contribution in [3.8, 4) is 0 Å². The van der Waals surface area contributed by atoms with Crippen LogP contribution in [0.15, 0.2) is 111 Å². The lowest BCUT2D eigenvalue weighted by Crippen LogP contribution is -2.70. The van der Waals surface area contributed by atoms with Crippen molar-refractivity contribution >= 4 is 58.6 Å². The minimum Gasteiger partial charge on any atom is -0.481 e. The number of carboxylic acids is 1. The van der Waals surface area contributed by atoms with Crippen LogP contribution in [0.4, 0.5) is 0 Å². The number of hydrogen-bond acceptors (Lipinski definition) is 9. The van der Waals surface area contributed by atoms with Crippen LogP contribution in [0, 0.1) is 0 Å². The number of ether oxygens (including phenoxy) is 1. The highest BCUT2D eigenvalue weighted by molar-refractivity contribution is 8.07. The first-order valence-corrected chi connectivity index (χ1v) is 17.3. The van der Waals surface area contributed by atoms with Gasteiger partial charge in [0.05, 0.1) is 18.5 Å². The van der Waals surface area contributed by atoms with E-state index in [1.807, 2.05) is 91.0 Å². The van der Waals surface area contributed by atoms with Gasteiger partial charge in [-0.1, -0.05) is 103 Å². The molecule has 2 aliphatic heterocycles. The summed E-state index contributed by atoms with van der Waals surface area (Å²) in [4.78, 5) is 58.3. The lowest BCUT2D eigenvalue weighted by Gasteiger charge is -2.49. The van der Waals surface area contributed by atoms with Crippen LogP contribution in [0.3, 0.4) is 0 Å². The lowest BCUT2D eigenvalue weighted by molar-refractivity contribution is -0.154. The predicted molar refractivity (Wildman–Crippen MR) is 177 cm³/mol. The molecule has 4 aromatic rings. The Labute approximate surface area is 278 Å². The Bertz CT molecular complexity index is 1720. The Morgan fingerprint density at radius 2 is 1.61 bits per heavy atom. The maximum Gasteiger partial charge on any atom is 0.356 e. The maximum atomic E-state index is 14.2. The monoisotopic (exact) mass is 671 g/mol. The summed E-state index contributed by atoms with van der Waals surface area (Å²) in [6, 6.07) is 27.3. The molecule has 12 heteroatoms. The third kappa shape index (κ3) is 7.19. The standard InChI is InChI=1S/C34H29N3O6S3/c38-26(18-21-10-4-1-5-11-21)36-28-31(41)37-29(25(20-44-32(28)37)46-34-35-24(19-45-34)16-17-27(39)40)33(42)43-30(22-12-6-2-7-13-22)23-14-8-3-9-15-23/h1-15,19,28,30,32H,16-18,20H2,(H,36,38)(H,39,40)/t28-,32+/m1/s1. The Hall–Kier alpha value is -4.39. The van der Waals surface area contributed by atoms with Gasteiger partial charge in [0.2, 0.25) is 5.91 Å². The number of nitrogens with zero attached hydrogens (tertiary/aromatic N) is 2. The van der Waals surface area contributed by atoms with Crippen molar-refractivity contribution in [2.75, 3.05) is 5.75 Å². The lowest BCUT2D eigenvalue weighted by atomic mass is 10.0. The first kappa shape index (κ1) is 31.6. The molecule has 1 aromatic heterocycles. The van der Waals surface area contributed by atoms with Crippen LogP contribution in [0.5, 0.6) is 0 Å². The molecule has 2 N–H and O–H groups in total. The van der Waals surface area contributed by atoms with E-state index in [9.17, 15) is 19.2 Å². The molecule has 6 rings (SSSR count). The Balaban J connectivity index is 1.28. The molecule has 1 saturated heterocycles. The van der Waals surface area contributed by atoms with E-state index in [4.69, 9.17) is 9.84 Å². The highest BCUT2D eigenvalue weighted by Gasteiger charge is 2.55. The normalized spacial score (nSPS) is 17.3. The summed E-state index contributed by atoms with van der Waals surface area (Å²) < 4.78 is 6.84. The topological polar surface area (TPSA) is 126 Å². The summed E-state index contributed by atoms with van der Waals surface area (Å²) in [5, 5.41) is 13.2. The van der Waals surface area contributed by atoms with E-state index >= 15 is 0 Å². The molecular formula is C34H29N3O6S3. The number of aromatic nitrogens is 1. The van der Waals surface area contributed by atoms with Crippen molar-refractivity contribution in [3.05, 3.63) is 129 Å². The molecule has 2 amide bonds. The quantitative estimate of drug-likeness (QED) is 0.150. The second-order valence-corrected chi connectivity index (χ2v) is 13.9. The van der Waals surface area contributed by atoms with Gasteiger partial charge in [-0.25, -0.2) is 9.78 Å². The molecule has 0 bridgehead atoms. The van der Waals surface area contributed by atoms with Crippen molar-refractivity contribution < 1.29 is 29.0 Å². The molecule has 0 aliphatic carbocycles. The smallest absolute Gasteiger partial charge is 0.356 e. The van der Waals surface area contributed by atoms with Crippen LogP contribution in [0.1, 0.15) is 34.9 Å². The zero-order chi connectivity index (χ0) is 32.0. The van der Waals surface area contributed by atoms with Gasteiger partial charge < -0.3 is 15.2 Å². The molecule has 46 heavy (non-hydrogen) atoms. The maximum absolute atomic E-state index is 14.2. The molecule has 3 heterocycles. The van der Waals surface area contributed by atoms with Crippen LogP contribution in [0.25, 0.3) is 0 Å². The molecule has 0 saturated carbocycles. The molecule has 2 atom stereocenters. The van der Waals surface area contributed by atoms with E-state index in [1.165, 1.54) is 39.8 Å². The van der Waals surface area contributed by atoms with Crippen molar-refractivity contribution in [2.24, 2.45) is 0 Å². The zero-order valence-electron chi connectivity index (χ0n) is 24.4. The number of β-lactam (4-membered cyclic amide) rings is 1. The van der Waals surface area contributed by atoms with Gasteiger partial charge in [-0.05, 0) is 16.7 Å². The van der Waals surface area contributed by atoms with E-state index in [1.54, 1.807) is 5.38 Å². The number of aryl methyl sites for hydroxylation is 1. The van der Waals surface area contributed by atoms with Gasteiger partial charge in [0.25, 0.3) is 5.91 Å². The first-order valence-electron chi connectivity index (χ1n) is 14.5. The average Bonchev–Trinajstić information content (AvgIpc) is 3.53. The van der Waals surface area contributed by atoms with Crippen molar-refractivity contribution in [1.29, 1.82) is 0 Å². The molecule has 3 aromatic carbocycles. The molecule has 1 fully saturated rings. The molecule has 2 aliphatic rings. The predicted octanol–water partition coefficient (Wildman–Crippen LogP) is 5.44. The van der Waals surface area contributed by atoms with E-state index in [2.05, 4.69) is 10.3 Å². The third-order valence-electron chi connectivity index (χ3n) is 7.42. The van der Waals surface area contributed by atoms with Crippen LogP contribution in [-0.4, -0.2) is 55.9 Å². The Morgan fingerprint density at radius 1 is 0.978 bits per heavy atom. The largest absolute Gasteiger partial charge is 0.481 e. The van der Waals surface area contributed by atoms with Crippen molar-refractivity contribution in [3.63, 3.8) is 0 Å². The number of hydrogen-bond donors (Lipinski definition) is 2. The molecule has 0 radical (unpaired) electrons. The second kappa shape index (κ2) is 14.4. The molecule has 0 unspecified atom stereocenters. The van der Waals surface area contributed by atoms with E-state index in [0.717, 1.165) is 16.7 Å². The van der Waals surface area contributed by atoms with Gasteiger partial charge in [-0.15, -0.1) is 23.1 Å². The van der Waals surface area contributed by atoms with Gasteiger partial charge in [-0.3, -0.25) is 19.3 Å². The summed E-state index contributed by atoms with van der Waals surface area (Å²) in [6.45, 7) is 0. The number of thiazole rings is 1. The summed E-state index contributed by atoms with van der Waals surface area (Å²) in [6.07, 6.45) is -0.326. The number of carbonyl (C=O) groups is 4. The second-order valence-electron chi connectivity index (χ2n) is 10.6. The Morgan fingerprint density at radius 3 is 2.24 bits per heavy atom. The van der Waals surface area contributed by atoms with Crippen molar-refractivity contribution in [1.82, 2.24) is 15.2 Å². The fraction of sp³-hybridized carbons (Fsp3) is 0.206. The molecule has 9 nitrogen and oxygen atoms in total. The van der Waals surface area contributed by atoms with E-state index < -0.39 is 29.5 Å². The fourth-order valence-electron chi connectivity index (χ4n) is 5.20. The van der Waals surface area contributed by atoms with Gasteiger partial charge >= 0.3 is 11.9 Å². The minimum atomic E-state index is -0.905. The summed E-state index contributed by atoms with van der Waals surface area (Å²) in [5.74, 6) is -1.84.